The maximum atomic E-state index is 12.6. The molecule has 1 aromatic heterocycles. The highest BCUT2D eigenvalue weighted by atomic mass is 35.5. The standard InChI is InChI=1S/C19H17ClN2O4S/c1-25-12-7-8-15-16(11-12)27-19(22(15)10-9-17(23)26-2)21-18(24)13-5-3-4-6-14(13)20/h3-8,11H,9-10H2,1-2H3. The zero-order valence-corrected chi connectivity index (χ0v) is 16.3. The van der Waals surface area contributed by atoms with Crippen LogP contribution < -0.4 is 9.54 Å². The maximum absolute atomic E-state index is 12.6. The molecule has 0 aliphatic carbocycles. The van der Waals surface area contributed by atoms with Gasteiger partial charge in [-0.05, 0) is 30.3 Å². The number of hydrogen-bond acceptors (Lipinski definition) is 5. The summed E-state index contributed by atoms with van der Waals surface area (Å²) in [6.45, 7) is 0.341. The van der Waals surface area contributed by atoms with Gasteiger partial charge >= 0.3 is 5.97 Å². The number of fused-ring (bicyclic) bond motifs is 1. The minimum Gasteiger partial charge on any atom is -0.497 e. The van der Waals surface area contributed by atoms with E-state index in [1.807, 2.05) is 22.8 Å². The summed E-state index contributed by atoms with van der Waals surface area (Å²) in [4.78, 5) is 28.9. The van der Waals surface area contributed by atoms with Crippen LogP contribution in [0, 0.1) is 0 Å². The van der Waals surface area contributed by atoms with Gasteiger partial charge in [0.1, 0.15) is 5.75 Å². The van der Waals surface area contributed by atoms with Crippen molar-refractivity contribution in [2.75, 3.05) is 14.2 Å². The van der Waals surface area contributed by atoms with Gasteiger partial charge in [0.2, 0.25) is 0 Å². The number of aromatic nitrogens is 1. The van der Waals surface area contributed by atoms with Crippen molar-refractivity contribution < 1.29 is 19.1 Å². The molecule has 6 nitrogen and oxygen atoms in total. The molecule has 0 atom stereocenters. The molecule has 0 spiro atoms. The second-order valence-electron chi connectivity index (χ2n) is 5.59. The van der Waals surface area contributed by atoms with Gasteiger partial charge in [0, 0.05) is 6.54 Å². The second kappa shape index (κ2) is 8.37. The summed E-state index contributed by atoms with van der Waals surface area (Å²) in [6.07, 6.45) is 0.168. The van der Waals surface area contributed by atoms with Gasteiger partial charge in [-0.25, -0.2) is 0 Å². The largest absolute Gasteiger partial charge is 0.497 e. The van der Waals surface area contributed by atoms with Crippen LogP contribution >= 0.6 is 22.9 Å². The van der Waals surface area contributed by atoms with E-state index in [1.165, 1.54) is 18.4 Å². The second-order valence-corrected chi connectivity index (χ2v) is 7.01. The molecule has 0 unspecified atom stereocenters. The summed E-state index contributed by atoms with van der Waals surface area (Å²) in [7, 11) is 2.93. The number of amides is 1. The van der Waals surface area contributed by atoms with E-state index in [-0.39, 0.29) is 12.4 Å². The molecule has 0 radical (unpaired) electrons. The normalized spacial score (nSPS) is 11.6. The number of esters is 1. The van der Waals surface area contributed by atoms with Crippen LogP contribution in [0.15, 0.2) is 47.5 Å². The first-order chi connectivity index (χ1) is 13.0. The quantitative estimate of drug-likeness (QED) is 0.608. The molecule has 27 heavy (non-hydrogen) atoms. The zero-order valence-electron chi connectivity index (χ0n) is 14.8. The lowest BCUT2D eigenvalue weighted by Gasteiger charge is -2.05. The van der Waals surface area contributed by atoms with Crippen LogP contribution in [0.1, 0.15) is 16.8 Å². The fourth-order valence-electron chi connectivity index (χ4n) is 2.57. The number of benzene rings is 2. The van der Waals surface area contributed by atoms with Crippen LogP contribution in [0.2, 0.25) is 5.02 Å². The molecule has 0 aliphatic heterocycles. The van der Waals surface area contributed by atoms with Crippen LogP contribution in [0.5, 0.6) is 5.75 Å². The lowest BCUT2D eigenvalue weighted by Crippen LogP contribution is -2.19. The van der Waals surface area contributed by atoms with Gasteiger partial charge in [0.15, 0.2) is 4.80 Å². The number of halogens is 1. The Morgan fingerprint density at radius 3 is 2.67 bits per heavy atom. The van der Waals surface area contributed by atoms with Crippen LogP contribution in [0.25, 0.3) is 10.2 Å². The van der Waals surface area contributed by atoms with E-state index in [0.717, 1.165) is 10.2 Å². The van der Waals surface area contributed by atoms with Crippen molar-refractivity contribution in [1.82, 2.24) is 4.57 Å². The lowest BCUT2D eigenvalue weighted by atomic mass is 10.2. The molecule has 0 saturated carbocycles. The topological polar surface area (TPSA) is 69.9 Å². The Kier molecular flexibility index (Phi) is 5.93. The third kappa shape index (κ3) is 4.20. The summed E-state index contributed by atoms with van der Waals surface area (Å²) in [6, 6.07) is 12.3. The van der Waals surface area contributed by atoms with E-state index in [2.05, 4.69) is 4.99 Å². The van der Waals surface area contributed by atoms with Crippen LogP contribution in [0.4, 0.5) is 0 Å². The fraction of sp³-hybridized carbons (Fsp3) is 0.211. The Bertz CT molecular complexity index is 1070. The SMILES string of the molecule is COC(=O)CCn1c(=NC(=O)c2ccccc2Cl)sc2cc(OC)ccc21. The summed E-state index contributed by atoms with van der Waals surface area (Å²) in [5, 5.41) is 0.343. The monoisotopic (exact) mass is 404 g/mol. The number of ether oxygens (including phenoxy) is 2. The first-order valence-corrected chi connectivity index (χ1v) is 9.30. The zero-order chi connectivity index (χ0) is 19.4. The molecular weight excluding hydrogens is 388 g/mol. The average molecular weight is 405 g/mol. The first kappa shape index (κ1) is 19.1. The minimum atomic E-state index is -0.439. The molecule has 0 saturated heterocycles. The molecule has 0 aliphatic rings. The molecule has 1 amide bonds. The van der Waals surface area contributed by atoms with Crippen molar-refractivity contribution in [3.63, 3.8) is 0 Å². The van der Waals surface area contributed by atoms with Gasteiger partial charge in [-0.2, -0.15) is 4.99 Å². The van der Waals surface area contributed by atoms with Gasteiger partial charge in [0.25, 0.3) is 5.91 Å². The van der Waals surface area contributed by atoms with E-state index in [4.69, 9.17) is 21.1 Å². The van der Waals surface area contributed by atoms with Gasteiger partial charge in [-0.1, -0.05) is 35.1 Å². The van der Waals surface area contributed by atoms with Crippen LogP contribution in [-0.2, 0) is 16.1 Å². The molecule has 8 heteroatoms. The summed E-state index contributed by atoms with van der Waals surface area (Å²) >= 11 is 7.44. The predicted molar refractivity (Wildman–Crippen MR) is 104 cm³/mol. The Balaban J connectivity index is 2.10. The summed E-state index contributed by atoms with van der Waals surface area (Å²) < 4.78 is 12.7. The van der Waals surface area contributed by atoms with E-state index in [0.29, 0.717) is 27.7 Å². The van der Waals surface area contributed by atoms with Crippen molar-refractivity contribution in [3.05, 3.63) is 57.9 Å². The maximum Gasteiger partial charge on any atom is 0.307 e. The Morgan fingerprint density at radius 2 is 1.96 bits per heavy atom. The third-order valence-corrected chi connectivity index (χ3v) is 5.33. The first-order valence-electron chi connectivity index (χ1n) is 8.11. The van der Waals surface area contributed by atoms with Crippen LogP contribution in [-0.4, -0.2) is 30.7 Å². The molecular formula is C19H17ClN2O4S. The summed E-state index contributed by atoms with van der Waals surface area (Å²) in [5.41, 5.74) is 1.18. The molecule has 0 bridgehead atoms. The number of carbonyl (C=O) groups excluding carboxylic acids is 2. The number of methoxy groups -OCH3 is 2. The molecule has 3 rings (SSSR count). The van der Waals surface area contributed by atoms with Crippen molar-refractivity contribution in [3.8, 4) is 5.75 Å². The Hall–Kier alpha value is -2.64. The number of rotatable bonds is 5. The lowest BCUT2D eigenvalue weighted by molar-refractivity contribution is -0.140. The van der Waals surface area contributed by atoms with Crippen molar-refractivity contribution in [1.29, 1.82) is 0 Å². The summed E-state index contributed by atoms with van der Waals surface area (Å²) in [5.74, 6) is -0.0717. The molecule has 0 fully saturated rings. The number of hydrogen-bond donors (Lipinski definition) is 0. The molecule has 2 aromatic carbocycles. The number of carbonyl (C=O) groups is 2. The van der Waals surface area contributed by atoms with Crippen molar-refractivity contribution in [2.45, 2.75) is 13.0 Å². The number of thiazole rings is 1. The fourth-order valence-corrected chi connectivity index (χ4v) is 3.87. The van der Waals surface area contributed by atoms with E-state index in [9.17, 15) is 9.59 Å². The molecule has 0 N–H and O–H groups in total. The number of aryl methyl sites for hydroxylation is 1. The molecule has 1 heterocycles. The van der Waals surface area contributed by atoms with Crippen molar-refractivity contribution in [2.24, 2.45) is 4.99 Å². The Morgan fingerprint density at radius 1 is 1.19 bits per heavy atom. The molecule has 140 valence electrons. The van der Waals surface area contributed by atoms with E-state index >= 15 is 0 Å². The number of nitrogens with zero attached hydrogens (tertiary/aromatic N) is 2. The van der Waals surface area contributed by atoms with E-state index in [1.54, 1.807) is 31.4 Å². The third-order valence-electron chi connectivity index (χ3n) is 3.96. The Labute approximate surface area is 164 Å². The highest BCUT2D eigenvalue weighted by Gasteiger charge is 2.13. The smallest absolute Gasteiger partial charge is 0.307 e. The van der Waals surface area contributed by atoms with Gasteiger partial charge < -0.3 is 14.0 Å². The highest BCUT2D eigenvalue weighted by Crippen LogP contribution is 2.24. The predicted octanol–water partition coefficient (Wildman–Crippen LogP) is 3.67. The minimum absolute atomic E-state index is 0.168. The van der Waals surface area contributed by atoms with Crippen LogP contribution in [0.3, 0.4) is 0 Å². The van der Waals surface area contributed by atoms with E-state index < -0.39 is 5.91 Å². The van der Waals surface area contributed by atoms with Gasteiger partial charge in [-0.3, -0.25) is 9.59 Å². The van der Waals surface area contributed by atoms with Crippen molar-refractivity contribution >= 4 is 45.0 Å². The average Bonchev–Trinajstić information content (AvgIpc) is 3.02. The van der Waals surface area contributed by atoms with Gasteiger partial charge in [0.05, 0.1) is 41.4 Å². The molecule has 3 aromatic rings. The van der Waals surface area contributed by atoms with Gasteiger partial charge in [-0.15, -0.1) is 0 Å². The highest BCUT2D eigenvalue weighted by molar-refractivity contribution is 7.16.